The zero-order valence-corrected chi connectivity index (χ0v) is 15.3. The monoisotopic (exact) mass is 392 g/mol. The largest absolute Gasteiger partial charge is 0.478 e. The highest BCUT2D eigenvalue weighted by Gasteiger charge is 2.20. The lowest BCUT2D eigenvalue weighted by Crippen LogP contribution is -2.29. The number of thioether (sulfide) groups is 1. The highest BCUT2D eigenvalue weighted by Crippen LogP contribution is 2.26. The van der Waals surface area contributed by atoms with E-state index in [9.17, 15) is 14.4 Å². The van der Waals surface area contributed by atoms with Gasteiger partial charge in [-0.1, -0.05) is 35.2 Å². The number of hydrogen-bond acceptors (Lipinski definition) is 7. The number of nitrogens with zero attached hydrogens (tertiary/aromatic N) is 3. The van der Waals surface area contributed by atoms with E-state index in [2.05, 4.69) is 15.5 Å². The summed E-state index contributed by atoms with van der Waals surface area (Å²) in [6, 6.07) is 5.94. The molecule has 1 aromatic heterocycles. The smallest absolute Gasteiger partial charge is 0.336 e. The SMILES string of the molecule is O=C(O)c1ccccc1C(=O)Nc1nnc(SCC(=O)N2CCCC2)s1. The van der Waals surface area contributed by atoms with Crippen LogP contribution in [0.4, 0.5) is 5.13 Å². The second-order valence-corrected chi connectivity index (χ2v) is 7.75. The first-order valence-corrected chi connectivity index (χ1v) is 9.72. The van der Waals surface area contributed by atoms with Gasteiger partial charge in [-0.05, 0) is 25.0 Å². The third-order valence-electron chi connectivity index (χ3n) is 3.81. The van der Waals surface area contributed by atoms with E-state index in [1.807, 2.05) is 4.90 Å². The number of aromatic carboxylic acids is 1. The molecule has 8 nitrogen and oxygen atoms in total. The molecule has 0 bridgehead atoms. The average Bonchev–Trinajstić information content (AvgIpc) is 3.31. The first kappa shape index (κ1) is 18.3. The quantitative estimate of drug-likeness (QED) is 0.572. The van der Waals surface area contributed by atoms with Crippen molar-refractivity contribution in [3.63, 3.8) is 0 Å². The summed E-state index contributed by atoms with van der Waals surface area (Å²) in [5.74, 6) is -1.39. The standard InChI is InChI=1S/C16H16N4O4S2/c21-12(20-7-3-4-8-20)9-25-16-19-18-15(26-16)17-13(22)10-5-1-2-6-11(10)14(23)24/h1-2,5-6H,3-4,7-9H2,(H,23,24)(H,17,18,22). The Morgan fingerprint density at radius 2 is 1.85 bits per heavy atom. The lowest BCUT2D eigenvalue weighted by Gasteiger charge is -2.13. The Bertz CT molecular complexity index is 833. The molecule has 2 aromatic rings. The van der Waals surface area contributed by atoms with Crippen LogP contribution in [0.25, 0.3) is 0 Å². The summed E-state index contributed by atoms with van der Waals surface area (Å²) < 4.78 is 0.569. The van der Waals surface area contributed by atoms with E-state index in [0.717, 1.165) is 37.3 Å². The molecule has 2 heterocycles. The van der Waals surface area contributed by atoms with E-state index in [1.165, 1.54) is 23.9 Å². The molecule has 0 saturated carbocycles. The van der Waals surface area contributed by atoms with Gasteiger partial charge in [-0.2, -0.15) is 0 Å². The van der Waals surface area contributed by atoms with Crippen molar-refractivity contribution in [1.82, 2.24) is 15.1 Å². The molecule has 26 heavy (non-hydrogen) atoms. The summed E-state index contributed by atoms with van der Waals surface area (Å²) in [6.07, 6.45) is 2.09. The first-order valence-electron chi connectivity index (χ1n) is 7.92. The number of hydrogen-bond donors (Lipinski definition) is 2. The fourth-order valence-electron chi connectivity index (χ4n) is 2.53. The number of rotatable bonds is 6. The van der Waals surface area contributed by atoms with Crippen LogP contribution in [0, 0.1) is 0 Å². The van der Waals surface area contributed by atoms with Crippen molar-refractivity contribution >= 4 is 46.0 Å². The molecular weight excluding hydrogens is 376 g/mol. The van der Waals surface area contributed by atoms with Gasteiger partial charge in [0.05, 0.1) is 16.9 Å². The van der Waals surface area contributed by atoms with Crippen LogP contribution in [-0.4, -0.2) is 56.8 Å². The molecule has 0 spiro atoms. The predicted octanol–water partition coefficient (Wildman–Crippen LogP) is 2.20. The third kappa shape index (κ3) is 4.38. The van der Waals surface area contributed by atoms with E-state index in [0.29, 0.717) is 4.34 Å². The molecule has 2 amide bonds. The van der Waals surface area contributed by atoms with Crippen molar-refractivity contribution < 1.29 is 19.5 Å². The van der Waals surface area contributed by atoms with Crippen LogP contribution in [0.5, 0.6) is 0 Å². The van der Waals surface area contributed by atoms with Gasteiger partial charge in [-0.15, -0.1) is 10.2 Å². The number of carbonyl (C=O) groups excluding carboxylic acids is 2. The number of likely N-dealkylation sites (tertiary alicyclic amines) is 1. The van der Waals surface area contributed by atoms with Gasteiger partial charge >= 0.3 is 5.97 Å². The van der Waals surface area contributed by atoms with Gasteiger partial charge in [-0.25, -0.2) is 4.79 Å². The Kier molecular flexibility index (Phi) is 5.84. The van der Waals surface area contributed by atoms with Crippen molar-refractivity contribution in [3.05, 3.63) is 35.4 Å². The highest BCUT2D eigenvalue weighted by atomic mass is 32.2. The Balaban J connectivity index is 1.59. The van der Waals surface area contributed by atoms with Gasteiger partial charge in [-0.3, -0.25) is 14.9 Å². The summed E-state index contributed by atoms with van der Waals surface area (Å²) in [4.78, 5) is 37.3. The van der Waals surface area contributed by atoms with E-state index >= 15 is 0 Å². The average molecular weight is 392 g/mol. The lowest BCUT2D eigenvalue weighted by atomic mass is 10.1. The minimum absolute atomic E-state index is 0.0496. The van der Waals surface area contributed by atoms with Gasteiger partial charge in [0, 0.05) is 13.1 Å². The Labute approximate surface area is 157 Å². The van der Waals surface area contributed by atoms with Gasteiger partial charge in [0.2, 0.25) is 11.0 Å². The molecule has 1 saturated heterocycles. The fraction of sp³-hybridized carbons (Fsp3) is 0.312. The maximum absolute atomic E-state index is 12.3. The molecule has 10 heteroatoms. The number of anilines is 1. The molecule has 136 valence electrons. The summed E-state index contributed by atoms with van der Waals surface area (Å²) in [5.41, 5.74) is -0.0334. The molecule has 1 aliphatic heterocycles. The van der Waals surface area contributed by atoms with E-state index in [1.54, 1.807) is 12.1 Å². The second-order valence-electron chi connectivity index (χ2n) is 5.55. The van der Waals surface area contributed by atoms with Crippen molar-refractivity contribution in [3.8, 4) is 0 Å². The van der Waals surface area contributed by atoms with Crippen molar-refractivity contribution in [2.75, 3.05) is 24.2 Å². The van der Waals surface area contributed by atoms with Gasteiger partial charge < -0.3 is 10.0 Å². The maximum atomic E-state index is 12.3. The van der Waals surface area contributed by atoms with Crippen molar-refractivity contribution in [2.24, 2.45) is 0 Å². The second kappa shape index (κ2) is 8.28. The van der Waals surface area contributed by atoms with Crippen LogP contribution in [0.3, 0.4) is 0 Å². The van der Waals surface area contributed by atoms with Crippen LogP contribution in [-0.2, 0) is 4.79 Å². The van der Waals surface area contributed by atoms with Crippen LogP contribution >= 0.6 is 23.1 Å². The zero-order valence-electron chi connectivity index (χ0n) is 13.7. The zero-order chi connectivity index (χ0) is 18.5. The molecule has 0 aliphatic carbocycles. The maximum Gasteiger partial charge on any atom is 0.336 e. The first-order chi connectivity index (χ1) is 12.5. The molecular formula is C16H16N4O4S2. The van der Waals surface area contributed by atoms with Crippen molar-refractivity contribution in [2.45, 2.75) is 17.2 Å². The van der Waals surface area contributed by atoms with E-state index in [4.69, 9.17) is 5.11 Å². The number of carbonyl (C=O) groups is 3. The van der Waals surface area contributed by atoms with Crippen LogP contribution in [0.15, 0.2) is 28.6 Å². The molecule has 1 aromatic carbocycles. The number of aromatic nitrogens is 2. The lowest BCUT2D eigenvalue weighted by molar-refractivity contribution is -0.127. The molecule has 1 fully saturated rings. The summed E-state index contributed by atoms with van der Waals surface area (Å²) in [7, 11) is 0. The predicted molar refractivity (Wildman–Crippen MR) is 97.8 cm³/mol. The fourth-order valence-corrected chi connectivity index (χ4v) is 4.18. The van der Waals surface area contributed by atoms with Gasteiger partial charge in [0.25, 0.3) is 5.91 Å². The summed E-state index contributed by atoms with van der Waals surface area (Å²) >= 11 is 2.42. The number of benzene rings is 1. The third-order valence-corrected chi connectivity index (χ3v) is 5.76. The van der Waals surface area contributed by atoms with E-state index < -0.39 is 11.9 Å². The molecule has 3 rings (SSSR count). The van der Waals surface area contributed by atoms with Gasteiger partial charge in [0.15, 0.2) is 4.34 Å². The highest BCUT2D eigenvalue weighted by molar-refractivity contribution is 8.01. The molecule has 2 N–H and O–H groups in total. The number of carboxylic acids is 1. The number of nitrogens with one attached hydrogen (secondary N) is 1. The van der Waals surface area contributed by atoms with Crippen LogP contribution in [0.1, 0.15) is 33.6 Å². The Morgan fingerprint density at radius 1 is 1.15 bits per heavy atom. The Morgan fingerprint density at radius 3 is 2.54 bits per heavy atom. The topological polar surface area (TPSA) is 112 Å². The number of carboxylic acid groups (broad SMARTS) is 1. The van der Waals surface area contributed by atoms with Gasteiger partial charge in [0.1, 0.15) is 0 Å². The van der Waals surface area contributed by atoms with Crippen LogP contribution in [0.2, 0.25) is 0 Å². The van der Waals surface area contributed by atoms with E-state index in [-0.39, 0.29) is 27.9 Å². The van der Waals surface area contributed by atoms with Crippen LogP contribution < -0.4 is 5.32 Å². The minimum Gasteiger partial charge on any atom is -0.478 e. The van der Waals surface area contributed by atoms with Crippen molar-refractivity contribution in [1.29, 1.82) is 0 Å². The minimum atomic E-state index is -1.18. The number of amides is 2. The molecule has 0 unspecified atom stereocenters. The molecule has 0 radical (unpaired) electrons. The molecule has 0 atom stereocenters. The molecule has 1 aliphatic rings. The Hall–Kier alpha value is -2.46. The summed E-state index contributed by atoms with van der Waals surface area (Å²) in [6.45, 7) is 1.61. The summed E-state index contributed by atoms with van der Waals surface area (Å²) in [5, 5.41) is 19.8. The normalized spacial score (nSPS) is 13.6.